The highest BCUT2D eigenvalue weighted by Crippen LogP contribution is 2.27. The van der Waals surface area contributed by atoms with E-state index in [4.69, 9.17) is 5.11 Å². The summed E-state index contributed by atoms with van der Waals surface area (Å²) in [6, 6.07) is 8.24. The van der Waals surface area contributed by atoms with Crippen molar-refractivity contribution >= 4 is 11.9 Å². The Morgan fingerprint density at radius 3 is 2.40 bits per heavy atom. The van der Waals surface area contributed by atoms with Crippen LogP contribution in [0.25, 0.3) is 11.1 Å². The number of halogens is 2. The van der Waals surface area contributed by atoms with Gasteiger partial charge in [-0.05, 0) is 55.2 Å². The third kappa shape index (κ3) is 5.11. The van der Waals surface area contributed by atoms with Gasteiger partial charge in [-0.15, -0.1) is 0 Å². The number of hydrogen-bond acceptors (Lipinski definition) is 2. The molecule has 0 saturated carbocycles. The SMILES string of the molecule is Cc1cc(F)ccc1-c1ccc(C(=O)NCCCCC(=O)O)cc1F. The Morgan fingerprint density at radius 1 is 1.04 bits per heavy atom. The molecule has 0 heterocycles. The van der Waals surface area contributed by atoms with Crippen molar-refractivity contribution in [1.29, 1.82) is 0 Å². The Labute approximate surface area is 144 Å². The second-order valence-electron chi connectivity index (χ2n) is 5.76. The number of unbranched alkanes of at least 4 members (excludes halogenated alkanes) is 1. The van der Waals surface area contributed by atoms with Gasteiger partial charge in [0.05, 0.1) is 0 Å². The molecule has 0 fully saturated rings. The summed E-state index contributed by atoms with van der Waals surface area (Å²) >= 11 is 0. The molecule has 0 bridgehead atoms. The zero-order chi connectivity index (χ0) is 18.4. The van der Waals surface area contributed by atoms with E-state index in [2.05, 4.69) is 5.32 Å². The van der Waals surface area contributed by atoms with Crippen LogP contribution in [0.15, 0.2) is 36.4 Å². The largest absolute Gasteiger partial charge is 0.481 e. The number of carboxylic acid groups (broad SMARTS) is 1. The van der Waals surface area contributed by atoms with Gasteiger partial charge in [-0.2, -0.15) is 0 Å². The van der Waals surface area contributed by atoms with Gasteiger partial charge in [0.15, 0.2) is 0 Å². The summed E-state index contributed by atoms with van der Waals surface area (Å²) in [6.45, 7) is 2.02. The van der Waals surface area contributed by atoms with Gasteiger partial charge in [0.2, 0.25) is 0 Å². The first-order chi connectivity index (χ1) is 11.9. The molecule has 0 radical (unpaired) electrons. The first-order valence-electron chi connectivity index (χ1n) is 7.94. The third-order valence-electron chi connectivity index (χ3n) is 3.81. The van der Waals surface area contributed by atoms with E-state index in [-0.39, 0.29) is 17.8 Å². The number of rotatable bonds is 7. The van der Waals surface area contributed by atoms with E-state index >= 15 is 0 Å². The second kappa shape index (κ2) is 8.37. The Balaban J connectivity index is 2.03. The van der Waals surface area contributed by atoms with E-state index < -0.39 is 17.7 Å². The Bertz CT molecular complexity index is 790. The van der Waals surface area contributed by atoms with Gasteiger partial charge in [-0.3, -0.25) is 9.59 Å². The average Bonchev–Trinajstić information content (AvgIpc) is 2.54. The maximum atomic E-state index is 14.4. The summed E-state index contributed by atoms with van der Waals surface area (Å²) in [5.74, 6) is -2.24. The lowest BCUT2D eigenvalue weighted by Gasteiger charge is -2.10. The first-order valence-corrected chi connectivity index (χ1v) is 7.94. The van der Waals surface area contributed by atoms with Crippen LogP contribution in [0, 0.1) is 18.6 Å². The molecule has 0 spiro atoms. The molecular weight excluding hydrogens is 328 g/mol. The first kappa shape index (κ1) is 18.6. The molecular formula is C19H19F2NO3. The van der Waals surface area contributed by atoms with Gasteiger partial charge in [0.25, 0.3) is 5.91 Å². The van der Waals surface area contributed by atoms with E-state index in [1.807, 2.05) is 0 Å². The van der Waals surface area contributed by atoms with Crippen LogP contribution in [0.1, 0.15) is 35.2 Å². The van der Waals surface area contributed by atoms with Crippen LogP contribution in [-0.2, 0) is 4.79 Å². The van der Waals surface area contributed by atoms with Crippen molar-refractivity contribution in [1.82, 2.24) is 5.32 Å². The molecule has 1 amide bonds. The molecule has 2 N–H and O–H groups in total. The van der Waals surface area contributed by atoms with Crippen LogP contribution in [0.5, 0.6) is 0 Å². The standard InChI is InChI=1S/C19H19F2NO3/c1-12-10-14(20)6-8-15(12)16-7-5-13(11-17(16)21)19(25)22-9-3-2-4-18(23)24/h5-8,10-11H,2-4,9H2,1H3,(H,22,25)(H,23,24). The van der Waals surface area contributed by atoms with Crippen molar-refractivity contribution in [2.24, 2.45) is 0 Å². The van der Waals surface area contributed by atoms with E-state index in [1.54, 1.807) is 6.92 Å². The minimum atomic E-state index is -0.875. The smallest absolute Gasteiger partial charge is 0.303 e. The maximum absolute atomic E-state index is 14.4. The molecule has 0 aliphatic rings. The number of carbonyl (C=O) groups is 2. The highest BCUT2D eigenvalue weighted by molar-refractivity contribution is 5.94. The fraction of sp³-hybridized carbons (Fsp3) is 0.263. The second-order valence-corrected chi connectivity index (χ2v) is 5.76. The van der Waals surface area contributed by atoms with Crippen molar-refractivity contribution in [3.8, 4) is 11.1 Å². The molecule has 0 saturated heterocycles. The Kier molecular flexibility index (Phi) is 6.22. The van der Waals surface area contributed by atoms with Crippen molar-refractivity contribution in [2.45, 2.75) is 26.2 Å². The molecule has 4 nitrogen and oxygen atoms in total. The topological polar surface area (TPSA) is 66.4 Å². The lowest BCUT2D eigenvalue weighted by atomic mass is 9.98. The number of amides is 1. The molecule has 0 aromatic heterocycles. The Morgan fingerprint density at radius 2 is 1.76 bits per heavy atom. The summed E-state index contributed by atoms with van der Waals surface area (Å²) < 4.78 is 27.5. The molecule has 132 valence electrons. The van der Waals surface area contributed by atoms with Gasteiger partial charge in [0.1, 0.15) is 11.6 Å². The van der Waals surface area contributed by atoms with Crippen molar-refractivity contribution < 1.29 is 23.5 Å². The molecule has 0 atom stereocenters. The fourth-order valence-electron chi connectivity index (χ4n) is 2.51. The highest BCUT2D eigenvalue weighted by Gasteiger charge is 2.12. The quantitative estimate of drug-likeness (QED) is 0.746. The van der Waals surface area contributed by atoms with Crippen LogP contribution >= 0.6 is 0 Å². The molecule has 2 rings (SSSR count). The fourth-order valence-corrected chi connectivity index (χ4v) is 2.51. The molecule has 2 aromatic carbocycles. The van der Waals surface area contributed by atoms with Gasteiger partial charge >= 0.3 is 5.97 Å². The van der Waals surface area contributed by atoms with Crippen LogP contribution in [-0.4, -0.2) is 23.5 Å². The minimum absolute atomic E-state index is 0.0518. The molecule has 0 unspecified atom stereocenters. The lowest BCUT2D eigenvalue weighted by molar-refractivity contribution is -0.137. The number of aliphatic carboxylic acids is 1. The molecule has 25 heavy (non-hydrogen) atoms. The summed E-state index contributed by atoms with van der Waals surface area (Å²) in [7, 11) is 0. The number of nitrogens with one attached hydrogen (secondary N) is 1. The van der Waals surface area contributed by atoms with Gasteiger partial charge in [0, 0.05) is 24.1 Å². The normalized spacial score (nSPS) is 10.5. The maximum Gasteiger partial charge on any atom is 0.303 e. The predicted molar refractivity (Wildman–Crippen MR) is 90.4 cm³/mol. The number of aryl methyl sites for hydroxylation is 1. The van der Waals surface area contributed by atoms with Gasteiger partial charge in [-0.1, -0.05) is 12.1 Å². The van der Waals surface area contributed by atoms with Crippen LogP contribution < -0.4 is 5.32 Å². The third-order valence-corrected chi connectivity index (χ3v) is 3.81. The van der Waals surface area contributed by atoms with E-state index in [0.29, 0.717) is 36.1 Å². The van der Waals surface area contributed by atoms with Crippen LogP contribution in [0.3, 0.4) is 0 Å². The van der Waals surface area contributed by atoms with E-state index in [1.165, 1.54) is 30.3 Å². The number of carbonyl (C=O) groups excluding carboxylic acids is 1. The van der Waals surface area contributed by atoms with Crippen molar-refractivity contribution in [3.05, 3.63) is 59.2 Å². The van der Waals surface area contributed by atoms with Gasteiger partial charge in [-0.25, -0.2) is 8.78 Å². The number of hydrogen-bond donors (Lipinski definition) is 2. The molecule has 6 heteroatoms. The summed E-state index contributed by atoms with van der Waals surface area (Å²) in [4.78, 5) is 22.4. The molecule has 2 aromatic rings. The molecule has 0 aliphatic carbocycles. The average molecular weight is 347 g/mol. The number of benzene rings is 2. The monoisotopic (exact) mass is 347 g/mol. The summed E-state index contributed by atoms with van der Waals surface area (Å²) in [5.41, 5.74) is 1.66. The predicted octanol–water partition coefficient (Wildman–Crippen LogP) is 3.92. The Hall–Kier alpha value is -2.76. The summed E-state index contributed by atoms with van der Waals surface area (Å²) in [6.07, 6.45) is 1.05. The van der Waals surface area contributed by atoms with Crippen molar-refractivity contribution in [2.75, 3.05) is 6.54 Å². The lowest BCUT2D eigenvalue weighted by Crippen LogP contribution is -2.24. The van der Waals surface area contributed by atoms with E-state index in [0.717, 1.165) is 6.07 Å². The van der Waals surface area contributed by atoms with Crippen molar-refractivity contribution in [3.63, 3.8) is 0 Å². The summed E-state index contributed by atoms with van der Waals surface area (Å²) in [5, 5.41) is 11.2. The zero-order valence-corrected chi connectivity index (χ0v) is 13.8. The minimum Gasteiger partial charge on any atom is -0.481 e. The van der Waals surface area contributed by atoms with Crippen LogP contribution in [0.4, 0.5) is 8.78 Å². The highest BCUT2D eigenvalue weighted by atomic mass is 19.1. The number of carboxylic acids is 1. The zero-order valence-electron chi connectivity index (χ0n) is 13.8. The van der Waals surface area contributed by atoms with E-state index in [9.17, 15) is 18.4 Å². The molecule has 0 aliphatic heterocycles. The van der Waals surface area contributed by atoms with Gasteiger partial charge < -0.3 is 10.4 Å². The van der Waals surface area contributed by atoms with Crippen LogP contribution in [0.2, 0.25) is 0 Å².